The predicted molar refractivity (Wildman–Crippen MR) is 110 cm³/mol. The van der Waals surface area contributed by atoms with Crippen molar-refractivity contribution < 1.29 is 9.59 Å². The maximum atomic E-state index is 12.7. The first kappa shape index (κ1) is 17.9. The average Bonchev–Trinajstić information content (AvgIpc) is 3.04. The van der Waals surface area contributed by atoms with Crippen molar-refractivity contribution in [3.8, 4) is 0 Å². The number of pyridine rings is 1. The number of hydrogen-bond acceptors (Lipinski definition) is 4. The summed E-state index contributed by atoms with van der Waals surface area (Å²) in [6.45, 7) is 3.68. The fraction of sp³-hybridized carbons (Fsp3) is 0.174. The fourth-order valence-electron chi connectivity index (χ4n) is 3.66. The standard InChI is InChI=1S/C23H21N3O2/c1-15-12-18-6-3-4-9-22(18)26(15)20-10-11-24-21(14-20)23(28)25-19-8-5-7-17(13-19)16(2)27/h3-11,13-15H,12H2,1-2H3,(H,25,28). The smallest absolute Gasteiger partial charge is 0.274 e. The molecule has 1 atom stereocenters. The van der Waals surface area contributed by atoms with Gasteiger partial charge >= 0.3 is 0 Å². The molecule has 0 saturated heterocycles. The van der Waals surface area contributed by atoms with Gasteiger partial charge in [0.1, 0.15) is 5.69 Å². The van der Waals surface area contributed by atoms with Crippen molar-refractivity contribution in [3.63, 3.8) is 0 Å². The van der Waals surface area contributed by atoms with Crippen LogP contribution in [0.25, 0.3) is 0 Å². The molecule has 5 heteroatoms. The molecule has 1 aliphatic rings. The highest BCUT2D eigenvalue weighted by Gasteiger charge is 2.27. The Morgan fingerprint density at radius 1 is 1.07 bits per heavy atom. The lowest BCUT2D eigenvalue weighted by atomic mass is 10.1. The number of rotatable bonds is 4. The third-order valence-corrected chi connectivity index (χ3v) is 4.99. The van der Waals surface area contributed by atoms with Gasteiger partial charge in [-0.2, -0.15) is 0 Å². The van der Waals surface area contributed by atoms with E-state index in [1.165, 1.54) is 18.2 Å². The molecule has 28 heavy (non-hydrogen) atoms. The van der Waals surface area contributed by atoms with Crippen LogP contribution in [-0.2, 0) is 6.42 Å². The lowest BCUT2D eigenvalue weighted by Gasteiger charge is -2.25. The van der Waals surface area contributed by atoms with Gasteiger partial charge in [0.25, 0.3) is 5.91 Å². The number of anilines is 3. The highest BCUT2D eigenvalue weighted by atomic mass is 16.2. The molecule has 0 saturated carbocycles. The van der Waals surface area contributed by atoms with Crippen LogP contribution in [0.3, 0.4) is 0 Å². The Morgan fingerprint density at radius 2 is 1.89 bits per heavy atom. The third kappa shape index (κ3) is 3.39. The van der Waals surface area contributed by atoms with Gasteiger partial charge in [-0.15, -0.1) is 0 Å². The Labute approximate surface area is 164 Å². The molecule has 2 heterocycles. The molecule has 1 unspecified atom stereocenters. The quantitative estimate of drug-likeness (QED) is 0.680. The second-order valence-corrected chi connectivity index (χ2v) is 7.04. The first-order valence-electron chi connectivity index (χ1n) is 9.28. The lowest BCUT2D eigenvalue weighted by Crippen LogP contribution is -2.24. The molecule has 5 nitrogen and oxygen atoms in total. The molecule has 2 aromatic carbocycles. The van der Waals surface area contributed by atoms with Crippen LogP contribution in [0.1, 0.15) is 40.3 Å². The summed E-state index contributed by atoms with van der Waals surface area (Å²) in [5.41, 5.74) is 4.88. The normalized spacial score (nSPS) is 15.2. The Morgan fingerprint density at radius 3 is 2.71 bits per heavy atom. The number of benzene rings is 2. The number of ketones is 1. The largest absolute Gasteiger partial charge is 0.338 e. The second-order valence-electron chi connectivity index (χ2n) is 7.04. The van der Waals surface area contributed by atoms with Crippen LogP contribution in [0.5, 0.6) is 0 Å². The van der Waals surface area contributed by atoms with Gasteiger partial charge in [-0.1, -0.05) is 30.3 Å². The zero-order valence-electron chi connectivity index (χ0n) is 15.8. The van der Waals surface area contributed by atoms with Crippen LogP contribution in [-0.4, -0.2) is 22.7 Å². The SMILES string of the molecule is CC(=O)c1cccc(NC(=O)c2cc(N3c4ccccc4CC3C)ccn2)c1. The van der Waals surface area contributed by atoms with E-state index < -0.39 is 0 Å². The minimum absolute atomic E-state index is 0.0436. The monoisotopic (exact) mass is 371 g/mol. The molecule has 0 aliphatic carbocycles. The zero-order chi connectivity index (χ0) is 19.7. The van der Waals surface area contributed by atoms with Crippen LogP contribution in [0.2, 0.25) is 0 Å². The number of hydrogen-bond donors (Lipinski definition) is 1. The molecule has 0 spiro atoms. The molecule has 0 bridgehead atoms. The first-order valence-corrected chi connectivity index (χ1v) is 9.28. The lowest BCUT2D eigenvalue weighted by molar-refractivity contribution is 0.100. The van der Waals surface area contributed by atoms with Gasteiger partial charge in [-0.25, -0.2) is 0 Å². The second kappa shape index (κ2) is 7.27. The Hall–Kier alpha value is -3.47. The van der Waals surface area contributed by atoms with E-state index in [4.69, 9.17) is 0 Å². The molecule has 1 N–H and O–H groups in total. The molecular weight excluding hydrogens is 350 g/mol. The summed E-state index contributed by atoms with van der Waals surface area (Å²) < 4.78 is 0. The minimum atomic E-state index is -0.303. The molecule has 0 radical (unpaired) electrons. The van der Waals surface area contributed by atoms with Crippen molar-refractivity contribution in [1.82, 2.24) is 4.98 Å². The molecule has 3 aromatic rings. The van der Waals surface area contributed by atoms with E-state index in [1.807, 2.05) is 18.2 Å². The van der Waals surface area contributed by atoms with Crippen molar-refractivity contribution >= 4 is 28.8 Å². The minimum Gasteiger partial charge on any atom is -0.338 e. The van der Waals surface area contributed by atoms with Crippen molar-refractivity contribution in [1.29, 1.82) is 0 Å². The van der Waals surface area contributed by atoms with Crippen molar-refractivity contribution in [2.45, 2.75) is 26.3 Å². The van der Waals surface area contributed by atoms with Crippen LogP contribution in [0.4, 0.5) is 17.1 Å². The summed E-state index contributed by atoms with van der Waals surface area (Å²) in [5.74, 6) is -0.347. The summed E-state index contributed by atoms with van der Waals surface area (Å²) in [5, 5.41) is 2.83. The number of aromatic nitrogens is 1. The van der Waals surface area contributed by atoms with Gasteiger partial charge in [-0.3, -0.25) is 14.6 Å². The van der Waals surface area contributed by atoms with Gasteiger partial charge in [0.05, 0.1) is 0 Å². The number of amides is 1. The topological polar surface area (TPSA) is 62.3 Å². The van der Waals surface area contributed by atoms with E-state index in [-0.39, 0.29) is 11.7 Å². The van der Waals surface area contributed by atoms with Crippen molar-refractivity contribution in [3.05, 3.63) is 83.7 Å². The Kier molecular flexibility index (Phi) is 4.65. The van der Waals surface area contributed by atoms with Crippen molar-refractivity contribution in [2.24, 2.45) is 0 Å². The Balaban J connectivity index is 1.60. The van der Waals surface area contributed by atoms with E-state index in [0.29, 0.717) is 23.0 Å². The van der Waals surface area contributed by atoms with Crippen molar-refractivity contribution in [2.75, 3.05) is 10.2 Å². The van der Waals surface area contributed by atoms with Crippen LogP contribution < -0.4 is 10.2 Å². The molecule has 1 aromatic heterocycles. The Bertz CT molecular complexity index is 1060. The van der Waals surface area contributed by atoms with Gasteiger partial charge in [-0.05, 0) is 56.2 Å². The highest BCUT2D eigenvalue weighted by Crippen LogP contribution is 2.38. The van der Waals surface area contributed by atoms with Crippen LogP contribution in [0, 0.1) is 0 Å². The zero-order valence-corrected chi connectivity index (χ0v) is 15.8. The molecular formula is C23H21N3O2. The summed E-state index contributed by atoms with van der Waals surface area (Å²) in [6.07, 6.45) is 2.63. The number of carbonyl (C=O) groups is 2. The van der Waals surface area contributed by atoms with Crippen LogP contribution >= 0.6 is 0 Å². The number of para-hydroxylation sites is 1. The summed E-state index contributed by atoms with van der Waals surface area (Å²) in [6, 6.07) is 19.3. The number of fused-ring (bicyclic) bond motifs is 1. The number of nitrogens with zero attached hydrogens (tertiary/aromatic N) is 2. The van der Waals surface area contributed by atoms with E-state index in [2.05, 4.69) is 40.3 Å². The fourth-order valence-corrected chi connectivity index (χ4v) is 3.66. The number of Topliss-reactive ketones (excluding diaryl/α,β-unsaturated/α-hetero) is 1. The van der Waals surface area contributed by atoms with Crippen LogP contribution in [0.15, 0.2) is 66.9 Å². The van der Waals surface area contributed by atoms with E-state index in [9.17, 15) is 9.59 Å². The first-order chi connectivity index (χ1) is 13.5. The molecule has 0 fully saturated rings. The maximum Gasteiger partial charge on any atom is 0.274 e. The molecule has 4 rings (SSSR count). The van der Waals surface area contributed by atoms with Gasteiger partial charge < -0.3 is 10.2 Å². The summed E-state index contributed by atoms with van der Waals surface area (Å²) >= 11 is 0. The van der Waals surface area contributed by atoms with Gasteiger partial charge in [0.2, 0.25) is 0 Å². The number of carbonyl (C=O) groups excluding carboxylic acids is 2. The van der Waals surface area contributed by atoms with Gasteiger partial charge in [0, 0.05) is 34.9 Å². The van der Waals surface area contributed by atoms with E-state index >= 15 is 0 Å². The van der Waals surface area contributed by atoms with Gasteiger partial charge in [0.15, 0.2) is 5.78 Å². The van der Waals surface area contributed by atoms with E-state index in [0.717, 1.165) is 12.1 Å². The van der Waals surface area contributed by atoms with E-state index in [1.54, 1.807) is 30.5 Å². The number of nitrogens with one attached hydrogen (secondary N) is 1. The summed E-state index contributed by atoms with van der Waals surface area (Å²) in [4.78, 5) is 30.7. The molecule has 140 valence electrons. The summed E-state index contributed by atoms with van der Waals surface area (Å²) in [7, 11) is 0. The maximum absolute atomic E-state index is 12.7. The molecule has 1 amide bonds. The molecule has 1 aliphatic heterocycles. The highest BCUT2D eigenvalue weighted by molar-refractivity contribution is 6.04. The average molecular weight is 371 g/mol. The third-order valence-electron chi connectivity index (χ3n) is 4.99. The predicted octanol–water partition coefficient (Wildman–Crippen LogP) is 4.62.